The van der Waals surface area contributed by atoms with Crippen LogP contribution in [0.2, 0.25) is 5.02 Å². The van der Waals surface area contributed by atoms with Gasteiger partial charge in [0.05, 0.1) is 10.8 Å². The highest BCUT2D eigenvalue weighted by Gasteiger charge is 2.39. The Labute approximate surface area is 180 Å². The molecule has 2 fully saturated rings. The van der Waals surface area contributed by atoms with Crippen LogP contribution in [0.3, 0.4) is 0 Å². The Kier molecular flexibility index (Phi) is 5.81. The SMILES string of the molecule is O=C(C1CC(=O)N(c2cccc(Cl)c2)C1)N1CCN(S(=O)(=O)c2ccccc2)CC1. The molecule has 0 spiro atoms. The molecule has 1 atom stereocenters. The summed E-state index contributed by atoms with van der Waals surface area (Å²) >= 11 is 6.02. The van der Waals surface area contributed by atoms with Crippen LogP contribution in [0.5, 0.6) is 0 Å². The summed E-state index contributed by atoms with van der Waals surface area (Å²) in [6.07, 6.45) is 0.147. The van der Waals surface area contributed by atoms with E-state index in [-0.39, 0.29) is 36.2 Å². The highest BCUT2D eigenvalue weighted by Crippen LogP contribution is 2.28. The maximum absolute atomic E-state index is 13.0. The number of hydrogen-bond donors (Lipinski definition) is 0. The molecule has 1 unspecified atom stereocenters. The number of benzene rings is 2. The number of carbonyl (C=O) groups is 2. The number of nitrogens with zero attached hydrogens (tertiary/aromatic N) is 3. The van der Waals surface area contributed by atoms with Crippen molar-refractivity contribution in [1.29, 1.82) is 0 Å². The van der Waals surface area contributed by atoms with Crippen molar-refractivity contribution < 1.29 is 18.0 Å². The van der Waals surface area contributed by atoms with Gasteiger partial charge in [-0.3, -0.25) is 9.59 Å². The van der Waals surface area contributed by atoms with Gasteiger partial charge in [0.15, 0.2) is 0 Å². The van der Waals surface area contributed by atoms with Crippen LogP contribution in [-0.4, -0.2) is 62.2 Å². The maximum atomic E-state index is 13.0. The molecule has 0 bridgehead atoms. The number of anilines is 1. The molecule has 0 N–H and O–H groups in total. The predicted octanol–water partition coefficient (Wildman–Crippen LogP) is 2.23. The zero-order valence-corrected chi connectivity index (χ0v) is 17.8. The maximum Gasteiger partial charge on any atom is 0.243 e. The largest absolute Gasteiger partial charge is 0.340 e. The number of amides is 2. The van der Waals surface area contributed by atoms with E-state index < -0.39 is 15.9 Å². The fraction of sp³-hybridized carbons (Fsp3) is 0.333. The van der Waals surface area contributed by atoms with Gasteiger partial charge in [-0.1, -0.05) is 35.9 Å². The molecule has 9 heteroatoms. The minimum absolute atomic E-state index is 0.107. The van der Waals surface area contributed by atoms with Gasteiger partial charge in [-0.25, -0.2) is 8.42 Å². The molecule has 7 nitrogen and oxygen atoms in total. The monoisotopic (exact) mass is 447 g/mol. The quantitative estimate of drug-likeness (QED) is 0.720. The first-order valence-electron chi connectivity index (χ1n) is 9.76. The molecule has 0 aliphatic carbocycles. The van der Waals surface area contributed by atoms with Gasteiger partial charge in [-0.2, -0.15) is 4.31 Å². The molecule has 0 saturated carbocycles. The van der Waals surface area contributed by atoms with E-state index >= 15 is 0 Å². The van der Waals surface area contributed by atoms with E-state index in [0.717, 1.165) is 0 Å². The van der Waals surface area contributed by atoms with Crippen molar-refractivity contribution in [3.8, 4) is 0 Å². The van der Waals surface area contributed by atoms with Crippen molar-refractivity contribution in [3.63, 3.8) is 0 Å². The van der Waals surface area contributed by atoms with Gasteiger partial charge in [0, 0.05) is 49.9 Å². The average Bonchev–Trinajstić information content (AvgIpc) is 3.15. The molecule has 0 radical (unpaired) electrons. The van der Waals surface area contributed by atoms with Gasteiger partial charge < -0.3 is 9.80 Å². The molecule has 158 valence electrons. The lowest BCUT2D eigenvalue weighted by Crippen LogP contribution is -2.52. The number of piperazine rings is 1. The smallest absolute Gasteiger partial charge is 0.243 e. The molecule has 2 aromatic rings. The van der Waals surface area contributed by atoms with Crippen molar-refractivity contribution in [2.45, 2.75) is 11.3 Å². The van der Waals surface area contributed by atoms with Crippen molar-refractivity contribution in [3.05, 3.63) is 59.6 Å². The first kappa shape index (κ1) is 20.8. The van der Waals surface area contributed by atoms with E-state index in [1.807, 2.05) is 0 Å². The van der Waals surface area contributed by atoms with Gasteiger partial charge >= 0.3 is 0 Å². The van der Waals surface area contributed by atoms with E-state index in [2.05, 4.69) is 0 Å². The lowest BCUT2D eigenvalue weighted by molar-refractivity contribution is -0.136. The van der Waals surface area contributed by atoms with Crippen molar-refractivity contribution in [1.82, 2.24) is 9.21 Å². The Balaban J connectivity index is 1.39. The molecule has 0 aromatic heterocycles. The molecule has 2 saturated heterocycles. The summed E-state index contributed by atoms with van der Waals surface area (Å²) in [5, 5.41) is 0.533. The molecule has 4 rings (SSSR count). The van der Waals surface area contributed by atoms with Crippen LogP contribution in [0.15, 0.2) is 59.5 Å². The van der Waals surface area contributed by atoms with Crippen LogP contribution in [0.4, 0.5) is 5.69 Å². The summed E-state index contributed by atoms with van der Waals surface area (Å²) in [5.41, 5.74) is 0.682. The molecule has 2 aliphatic heterocycles. The lowest BCUT2D eigenvalue weighted by Gasteiger charge is -2.35. The zero-order valence-electron chi connectivity index (χ0n) is 16.3. The minimum Gasteiger partial charge on any atom is -0.340 e. The van der Waals surface area contributed by atoms with Gasteiger partial charge in [0.1, 0.15) is 0 Å². The van der Waals surface area contributed by atoms with Crippen molar-refractivity contribution in [2.24, 2.45) is 5.92 Å². The predicted molar refractivity (Wildman–Crippen MR) is 114 cm³/mol. The third kappa shape index (κ3) is 4.08. The molecule has 2 aliphatic rings. The highest BCUT2D eigenvalue weighted by molar-refractivity contribution is 7.89. The first-order chi connectivity index (χ1) is 14.4. The normalized spacial score (nSPS) is 20.6. The van der Waals surface area contributed by atoms with Gasteiger partial charge in [-0.15, -0.1) is 0 Å². The average molecular weight is 448 g/mol. The van der Waals surface area contributed by atoms with Crippen LogP contribution >= 0.6 is 11.6 Å². The van der Waals surface area contributed by atoms with E-state index in [9.17, 15) is 18.0 Å². The standard InChI is InChI=1S/C21H22ClN3O4S/c22-17-5-4-6-18(14-17)25-15-16(13-20(25)26)21(27)23-9-11-24(12-10-23)30(28,29)19-7-2-1-3-8-19/h1-8,14,16H,9-13,15H2. The lowest BCUT2D eigenvalue weighted by atomic mass is 10.1. The second kappa shape index (κ2) is 8.37. The third-order valence-electron chi connectivity index (χ3n) is 5.53. The number of sulfonamides is 1. The van der Waals surface area contributed by atoms with E-state index in [1.54, 1.807) is 64.4 Å². The van der Waals surface area contributed by atoms with Crippen molar-refractivity contribution in [2.75, 3.05) is 37.6 Å². The molecular weight excluding hydrogens is 426 g/mol. The number of rotatable bonds is 4. The van der Waals surface area contributed by atoms with Crippen LogP contribution in [-0.2, 0) is 19.6 Å². The minimum atomic E-state index is -3.57. The van der Waals surface area contributed by atoms with E-state index in [4.69, 9.17) is 11.6 Å². The van der Waals surface area contributed by atoms with Crippen LogP contribution in [0, 0.1) is 5.92 Å². The Morgan fingerprint density at radius 1 is 0.967 bits per heavy atom. The summed E-state index contributed by atoms with van der Waals surface area (Å²) in [6.45, 7) is 1.41. The summed E-state index contributed by atoms with van der Waals surface area (Å²) in [7, 11) is -3.57. The summed E-state index contributed by atoms with van der Waals surface area (Å²) < 4.78 is 26.9. The van der Waals surface area contributed by atoms with E-state index in [1.165, 1.54) is 4.31 Å². The Bertz CT molecular complexity index is 1050. The highest BCUT2D eigenvalue weighted by atomic mass is 35.5. The fourth-order valence-electron chi connectivity index (χ4n) is 3.92. The fourth-order valence-corrected chi connectivity index (χ4v) is 5.54. The Hall–Kier alpha value is -2.42. The molecular formula is C21H22ClN3O4S. The first-order valence-corrected chi connectivity index (χ1v) is 11.6. The number of carbonyl (C=O) groups excluding carboxylic acids is 2. The van der Waals surface area contributed by atoms with Crippen molar-refractivity contribution >= 4 is 39.1 Å². The van der Waals surface area contributed by atoms with Crippen LogP contribution in [0.25, 0.3) is 0 Å². The van der Waals surface area contributed by atoms with Gasteiger partial charge in [0.2, 0.25) is 21.8 Å². The zero-order chi connectivity index (χ0) is 21.3. The Morgan fingerprint density at radius 3 is 2.33 bits per heavy atom. The van der Waals surface area contributed by atoms with Crippen LogP contribution in [0.1, 0.15) is 6.42 Å². The molecule has 30 heavy (non-hydrogen) atoms. The second-order valence-corrected chi connectivity index (χ2v) is 9.80. The molecule has 2 amide bonds. The number of hydrogen-bond acceptors (Lipinski definition) is 4. The van der Waals surface area contributed by atoms with Gasteiger partial charge in [-0.05, 0) is 30.3 Å². The number of halogens is 1. The second-order valence-electron chi connectivity index (χ2n) is 7.43. The third-order valence-corrected chi connectivity index (χ3v) is 7.67. The molecule has 2 heterocycles. The summed E-state index contributed by atoms with van der Waals surface area (Å²) in [6, 6.07) is 15.3. The summed E-state index contributed by atoms with van der Waals surface area (Å²) in [4.78, 5) is 28.9. The van der Waals surface area contributed by atoms with E-state index in [0.29, 0.717) is 30.3 Å². The molecule has 2 aromatic carbocycles. The van der Waals surface area contributed by atoms with Crippen LogP contribution < -0.4 is 4.90 Å². The Morgan fingerprint density at radius 2 is 1.67 bits per heavy atom. The topological polar surface area (TPSA) is 78.0 Å². The summed E-state index contributed by atoms with van der Waals surface area (Å²) in [5.74, 6) is -0.653. The van der Waals surface area contributed by atoms with Gasteiger partial charge in [0.25, 0.3) is 0 Å².